The van der Waals surface area contributed by atoms with Gasteiger partial charge in [0.15, 0.2) is 5.96 Å². The molecule has 7 heteroatoms. The van der Waals surface area contributed by atoms with Gasteiger partial charge in [-0.25, -0.2) is 4.99 Å². The molecule has 2 rings (SSSR count). The summed E-state index contributed by atoms with van der Waals surface area (Å²) in [5.74, 6) is 1.58. The maximum atomic E-state index is 11.9. The van der Waals surface area contributed by atoms with Crippen molar-refractivity contribution in [3.63, 3.8) is 0 Å². The summed E-state index contributed by atoms with van der Waals surface area (Å²) in [6.07, 6.45) is 1.72. The molecule has 1 fully saturated rings. The summed E-state index contributed by atoms with van der Waals surface area (Å²) in [5, 5.41) is 3.32. The van der Waals surface area contributed by atoms with Crippen molar-refractivity contribution in [2.24, 2.45) is 16.8 Å². The average Bonchev–Trinajstić information content (AvgIpc) is 3.05. The molecule has 1 aliphatic heterocycles. The fourth-order valence-electron chi connectivity index (χ4n) is 3.11. The molecule has 0 aliphatic carbocycles. The van der Waals surface area contributed by atoms with Gasteiger partial charge in [0, 0.05) is 25.2 Å². The van der Waals surface area contributed by atoms with E-state index in [4.69, 9.17) is 14.5 Å². The molecule has 0 spiro atoms. The molecule has 0 bridgehead atoms. The van der Waals surface area contributed by atoms with Gasteiger partial charge in [0.1, 0.15) is 12.4 Å². The topological polar surface area (TPSA) is 63.2 Å². The SMILES string of the molecule is C=CCOc1ccccc1CN=C(NCC)N1CC(C)C(C(=O)OC)C1.I. The average molecular weight is 487 g/mol. The standard InChI is InChI=1S/C20H29N3O3.HI/c1-5-11-26-18-10-8-7-9-16(18)12-22-20(21-6-2)23-13-15(3)17(14-23)19(24)25-4;/h5,7-10,15,17H,1,6,11-14H2,2-4H3,(H,21,22);1H. The Kier molecular flexibility index (Phi) is 10.2. The van der Waals surface area contributed by atoms with Gasteiger partial charge in [-0.15, -0.1) is 24.0 Å². The van der Waals surface area contributed by atoms with E-state index in [1.54, 1.807) is 6.08 Å². The molecule has 0 aromatic heterocycles. The molecule has 0 saturated carbocycles. The highest BCUT2D eigenvalue weighted by atomic mass is 127. The van der Waals surface area contributed by atoms with Crippen LogP contribution in [0, 0.1) is 11.8 Å². The van der Waals surface area contributed by atoms with E-state index in [9.17, 15) is 4.79 Å². The number of hydrogen-bond donors (Lipinski definition) is 1. The van der Waals surface area contributed by atoms with Crippen LogP contribution < -0.4 is 10.1 Å². The van der Waals surface area contributed by atoms with Crippen molar-refractivity contribution in [3.8, 4) is 5.75 Å². The van der Waals surface area contributed by atoms with E-state index < -0.39 is 0 Å². The smallest absolute Gasteiger partial charge is 0.310 e. The van der Waals surface area contributed by atoms with Gasteiger partial charge < -0.3 is 19.7 Å². The molecule has 0 amide bonds. The number of nitrogens with zero attached hydrogens (tertiary/aromatic N) is 2. The number of benzene rings is 1. The van der Waals surface area contributed by atoms with Crippen LogP contribution in [-0.2, 0) is 16.1 Å². The van der Waals surface area contributed by atoms with Crippen molar-refractivity contribution in [3.05, 3.63) is 42.5 Å². The van der Waals surface area contributed by atoms with Gasteiger partial charge in [0.2, 0.25) is 0 Å². The Morgan fingerprint density at radius 2 is 2.15 bits per heavy atom. The summed E-state index contributed by atoms with van der Waals surface area (Å²) in [6, 6.07) is 7.87. The van der Waals surface area contributed by atoms with Gasteiger partial charge in [-0.1, -0.05) is 37.8 Å². The number of esters is 1. The van der Waals surface area contributed by atoms with Crippen LogP contribution in [0.1, 0.15) is 19.4 Å². The van der Waals surface area contributed by atoms with Crippen molar-refractivity contribution in [1.82, 2.24) is 10.2 Å². The predicted octanol–water partition coefficient (Wildman–Crippen LogP) is 3.08. The van der Waals surface area contributed by atoms with Crippen LogP contribution in [0.4, 0.5) is 0 Å². The van der Waals surface area contributed by atoms with Crippen LogP contribution in [0.25, 0.3) is 0 Å². The van der Waals surface area contributed by atoms with E-state index in [0.29, 0.717) is 19.7 Å². The number of ether oxygens (including phenoxy) is 2. The minimum atomic E-state index is -0.154. The molecule has 1 heterocycles. The first-order chi connectivity index (χ1) is 12.6. The monoisotopic (exact) mass is 487 g/mol. The second kappa shape index (κ2) is 11.8. The van der Waals surface area contributed by atoms with E-state index >= 15 is 0 Å². The molecule has 1 aromatic rings. The molecule has 0 radical (unpaired) electrons. The lowest BCUT2D eigenvalue weighted by Crippen LogP contribution is -2.40. The Labute approximate surface area is 179 Å². The number of guanidine groups is 1. The summed E-state index contributed by atoms with van der Waals surface area (Å²) in [5.41, 5.74) is 1.02. The summed E-state index contributed by atoms with van der Waals surface area (Å²) in [7, 11) is 1.44. The van der Waals surface area contributed by atoms with Gasteiger partial charge in [0.05, 0.1) is 19.6 Å². The van der Waals surface area contributed by atoms with Crippen molar-refractivity contribution >= 4 is 35.9 Å². The van der Waals surface area contributed by atoms with E-state index in [-0.39, 0.29) is 41.8 Å². The highest BCUT2D eigenvalue weighted by Gasteiger charge is 2.36. The second-order valence-electron chi connectivity index (χ2n) is 6.39. The van der Waals surface area contributed by atoms with Crippen molar-refractivity contribution in [1.29, 1.82) is 0 Å². The fourth-order valence-corrected chi connectivity index (χ4v) is 3.11. The van der Waals surface area contributed by atoms with Gasteiger partial charge in [-0.3, -0.25) is 4.79 Å². The lowest BCUT2D eigenvalue weighted by atomic mass is 9.99. The van der Waals surface area contributed by atoms with Crippen molar-refractivity contribution < 1.29 is 14.3 Å². The van der Waals surface area contributed by atoms with Crippen LogP contribution in [0.2, 0.25) is 0 Å². The van der Waals surface area contributed by atoms with Crippen molar-refractivity contribution in [2.45, 2.75) is 20.4 Å². The molecule has 150 valence electrons. The van der Waals surface area contributed by atoms with Gasteiger partial charge in [-0.2, -0.15) is 0 Å². The maximum Gasteiger partial charge on any atom is 0.310 e. The lowest BCUT2D eigenvalue weighted by Gasteiger charge is -2.21. The zero-order chi connectivity index (χ0) is 18.9. The van der Waals surface area contributed by atoms with E-state index in [1.165, 1.54) is 7.11 Å². The molecule has 1 aromatic carbocycles. The molecule has 2 unspecified atom stereocenters. The number of halogens is 1. The largest absolute Gasteiger partial charge is 0.489 e. The predicted molar refractivity (Wildman–Crippen MR) is 119 cm³/mol. The molecule has 1 aliphatic rings. The number of para-hydroxylation sites is 1. The number of carbonyl (C=O) groups is 1. The third kappa shape index (κ3) is 6.41. The third-order valence-electron chi connectivity index (χ3n) is 4.48. The van der Waals surface area contributed by atoms with Gasteiger partial charge in [0.25, 0.3) is 0 Å². The first-order valence-corrected chi connectivity index (χ1v) is 9.03. The third-order valence-corrected chi connectivity index (χ3v) is 4.48. The Morgan fingerprint density at radius 3 is 2.81 bits per heavy atom. The number of hydrogen-bond acceptors (Lipinski definition) is 4. The van der Waals surface area contributed by atoms with E-state index in [0.717, 1.165) is 30.4 Å². The lowest BCUT2D eigenvalue weighted by molar-refractivity contribution is -0.145. The quantitative estimate of drug-likeness (QED) is 0.211. The molecular formula is C20H30IN3O3. The van der Waals surface area contributed by atoms with E-state index in [1.807, 2.05) is 31.2 Å². The molecule has 2 atom stereocenters. The first kappa shape index (κ1) is 23.3. The molecule has 27 heavy (non-hydrogen) atoms. The number of methoxy groups -OCH3 is 1. The number of likely N-dealkylation sites (tertiary alicyclic amines) is 1. The first-order valence-electron chi connectivity index (χ1n) is 9.03. The maximum absolute atomic E-state index is 11.9. The van der Waals surface area contributed by atoms with Crippen LogP contribution >= 0.6 is 24.0 Å². The molecule has 6 nitrogen and oxygen atoms in total. The molecular weight excluding hydrogens is 457 g/mol. The molecule has 1 N–H and O–H groups in total. The summed E-state index contributed by atoms with van der Waals surface area (Å²) >= 11 is 0. The summed E-state index contributed by atoms with van der Waals surface area (Å²) < 4.78 is 10.6. The normalized spacial score (nSPS) is 19.2. The molecule has 1 saturated heterocycles. The fraction of sp³-hybridized carbons (Fsp3) is 0.500. The highest BCUT2D eigenvalue weighted by Crippen LogP contribution is 2.25. The second-order valence-corrected chi connectivity index (χ2v) is 6.39. The van der Waals surface area contributed by atoms with Crippen LogP contribution in [0.5, 0.6) is 5.75 Å². The van der Waals surface area contributed by atoms with Crippen LogP contribution in [0.15, 0.2) is 41.9 Å². The van der Waals surface area contributed by atoms with Crippen LogP contribution in [-0.4, -0.2) is 50.2 Å². The Bertz CT molecular complexity index is 651. The minimum absolute atomic E-state index is 0. The highest BCUT2D eigenvalue weighted by molar-refractivity contribution is 14.0. The van der Waals surface area contributed by atoms with Gasteiger partial charge >= 0.3 is 5.97 Å². The van der Waals surface area contributed by atoms with Crippen molar-refractivity contribution in [2.75, 3.05) is 33.4 Å². The number of nitrogens with one attached hydrogen (secondary N) is 1. The zero-order valence-corrected chi connectivity index (χ0v) is 18.6. The van der Waals surface area contributed by atoms with Gasteiger partial charge in [-0.05, 0) is 18.9 Å². The number of aliphatic imine (C=N–C) groups is 1. The Balaban J connectivity index is 0.00000364. The minimum Gasteiger partial charge on any atom is -0.489 e. The summed E-state index contributed by atoms with van der Waals surface area (Å²) in [6.45, 7) is 10.9. The number of carbonyl (C=O) groups excluding carboxylic acids is 1. The number of rotatable bonds is 7. The van der Waals surface area contributed by atoms with E-state index in [2.05, 4.69) is 23.7 Å². The summed E-state index contributed by atoms with van der Waals surface area (Å²) in [4.78, 5) is 18.8. The Morgan fingerprint density at radius 1 is 1.41 bits per heavy atom. The van der Waals surface area contributed by atoms with Crippen LogP contribution in [0.3, 0.4) is 0 Å². The zero-order valence-electron chi connectivity index (χ0n) is 16.3. The Hall–Kier alpha value is -1.77.